The van der Waals surface area contributed by atoms with Crippen LogP contribution in [0.2, 0.25) is 10.2 Å². The van der Waals surface area contributed by atoms with Crippen LogP contribution in [0.25, 0.3) is 11.0 Å². The van der Waals surface area contributed by atoms with Crippen molar-refractivity contribution in [1.29, 1.82) is 5.26 Å². The highest BCUT2D eigenvalue weighted by Crippen LogP contribution is 2.29. The number of anilines is 2. The SMILES string of the molecule is Cn1c(=O)n(CCC(C)(C)O)c2cc(Nc3nc(Cl)c(C#N)cc3Cl)ccc21. The first-order chi connectivity index (χ1) is 13.1. The normalized spacial score (nSPS) is 11.6. The number of aliphatic hydroxyl groups is 1. The average Bonchev–Trinajstić information content (AvgIpc) is 2.86. The molecule has 0 aliphatic heterocycles. The van der Waals surface area contributed by atoms with Gasteiger partial charge in [0.15, 0.2) is 5.82 Å². The number of benzene rings is 1. The molecule has 9 heteroatoms. The summed E-state index contributed by atoms with van der Waals surface area (Å²) < 4.78 is 3.19. The van der Waals surface area contributed by atoms with E-state index in [1.807, 2.05) is 18.2 Å². The first-order valence-electron chi connectivity index (χ1n) is 8.55. The summed E-state index contributed by atoms with van der Waals surface area (Å²) in [5.41, 5.74) is 1.30. The van der Waals surface area contributed by atoms with E-state index in [1.165, 1.54) is 6.07 Å². The van der Waals surface area contributed by atoms with E-state index >= 15 is 0 Å². The van der Waals surface area contributed by atoms with Crippen LogP contribution >= 0.6 is 23.2 Å². The minimum Gasteiger partial charge on any atom is -0.390 e. The van der Waals surface area contributed by atoms with Crippen LogP contribution in [-0.4, -0.2) is 24.8 Å². The predicted octanol–water partition coefficient (Wildman–Crippen LogP) is 3.82. The number of hydrogen-bond donors (Lipinski definition) is 2. The van der Waals surface area contributed by atoms with Gasteiger partial charge in [-0.15, -0.1) is 0 Å². The minimum atomic E-state index is -0.881. The first kappa shape index (κ1) is 20.2. The molecule has 146 valence electrons. The number of fused-ring (bicyclic) bond motifs is 1. The van der Waals surface area contributed by atoms with E-state index in [1.54, 1.807) is 36.1 Å². The number of nitriles is 1. The van der Waals surface area contributed by atoms with Gasteiger partial charge in [0, 0.05) is 19.3 Å². The highest BCUT2D eigenvalue weighted by atomic mass is 35.5. The number of nitrogens with one attached hydrogen (secondary N) is 1. The van der Waals surface area contributed by atoms with Crippen LogP contribution in [0.3, 0.4) is 0 Å². The van der Waals surface area contributed by atoms with Crippen LogP contribution in [-0.2, 0) is 13.6 Å². The molecule has 0 amide bonds. The quantitative estimate of drug-likeness (QED) is 0.612. The Labute approximate surface area is 171 Å². The van der Waals surface area contributed by atoms with Crippen molar-refractivity contribution in [2.75, 3.05) is 5.32 Å². The Balaban J connectivity index is 2.01. The van der Waals surface area contributed by atoms with Gasteiger partial charge in [-0.1, -0.05) is 23.2 Å². The fourth-order valence-corrected chi connectivity index (χ4v) is 3.24. The topological polar surface area (TPSA) is 95.9 Å². The highest BCUT2D eigenvalue weighted by Gasteiger charge is 2.17. The minimum absolute atomic E-state index is 0.0530. The lowest BCUT2D eigenvalue weighted by molar-refractivity contribution is 0.0662. The number of nitrogens with zero attached hydrogens (tertiary/aromatic N) is 4. The fourth-order valence-electron chi connectivity index (χ4n) is 2.86. The first-order valence-corrected chi connectivity index (χ1v) is 9.31. The number of rotatable bonds is 5. The molecule has 0 saturated heterocycles. The molecule has 0 spiro atoms. The Morgan fingerprint density at radius 1 is 1.29 bits per heavy atom. The molecular formula is C19H19Cl2N5O2. The largest absolute Gasteiger partial charge is 0.390 e. The maximum atomic E-state index is 12.6. The van der Waals surface area contributed by atoms with Crippen LogP contribution in [0.1, 0.15) is 25.8 Å². The van der Waals surface area contributed by atoms with Gasteiger partial charge in [-0.25, -0.2) is 9.78 Å². The van der Waals surface area contributed by atoms with E-state index < -0.39 is 5.60 Å². The summed E-state index contributed by atoms with van der Waals surface area (Å²) in [4.78, 5) is 16.7. The Hall–Kier alpha value is -2.53. The summed E-state index contributed by atoms with van der Waals surface area (Å²) in [5.74, 6) is 0.311. The molecule has 0 atom stereocenters. The molecule has 2 aromatic heterocycles. The monoisotopic (exact) mass is 419 g/mol. The average molecular weight is 420 g/mol. The molecule has 2 heterocycles. The van der Waals surface area contributed by atoms with E-state index in [9.17, 15) is 9.90 Å². The van der Waals surface area contributed by atoms with Crippen molar-refractivity contribution in [3.05, 3.63) is 50.5 Å². The zero-order chi connectivity index (χ0) is 20.6. The van der Waals surface area contributed by atoms with Gasteiger partial charge in [0.2, 0.25) is 0 Å². The Morgan fingerprint density at radius 2 is 2.00 bits per heavy atom. The van der Waals surface area contributed by atoms with Crippen molar-refractivity contribution in [3.63, 3.8) is 0 Å². The lowest BCUT2D eigenvalue weighted by Gasteiger charge is -2.17. The van der Waals surface area contributed by atoms with E-state index in [0.29, 0.717) is 24.5 Å². The third-order valence-electron chi connectivity index (χ3n) is 4.41. The lowest BCUT2D eigenvalue weighted by atomic mass is 10.1. The molecule has 0 radical (unpaired) electrons. The molecule has 3 rings (SSSR count). The van der Waals surface area contributed by atoms with Crippen molar-refractivity contribution in [2.24, 2.45) is 7.05 Å². The van der Waals surface area contributed by atoms with Gasteiger partial charge >= 0.3 is 5.69 Å². The van der Waals surface area contributed by atoms with Gasteiger partial charge in [0.25, 0.3) is 0 Å². The van der Waals surface area contributed by atoms with Gasteiger partial charge in [-0.3, -0.25) is 9.13 Å². The molecule has 28 heavy (non-hydrogen) atoms. The summed E-state index contributed by atoms with van der Waals surface area (Å²) >= 11 is 12.2. The smallest absolute Gasteiger partial charge is 0.328 e. The molecule has 7 nitrogen and oxygen atoms in total. The Bertz CT molecular complexity index is 1150. The molecule has 0 aliphatic rings. The number of imidazole rings is 1. The molecular weight excluding hydrogens is 401 g/mol. The summed E-state index contributed by atoms with van der Waals surface area (Å²) in [7, 11) is 1.71. The Kier molecular flexibility index (Phi) is 5.39. The molecule has 0 bridgehead atoms. The molecule has 0 fully saturated rings. The van der Waals surface area contributed by atoms with Crippen LogP contribution in [0.4, 0.5) is 11.5 Å². The van der Waals surface area contributed by atoms with Crippen molar-refractivity contribution in [1.82, 2.24) is 14.1 Å². The maximum Gasteiger partial charge on any atom is 0.328 e. The van der Waals surface area contributed by atoms with Crippen LogP contribution in [0, 0.1) is 11.3 Å². The summed E-state index contributed by atoms with van der Waals surface area (Å²) in [6, 6.07) is 8.80. The maximum absolute atomic E-state index is 12.6. The van der Waals surface area contributed by atoms with Crippen molar-refractivity contribution >= 4 is 45.7 Å². The standard InChI is InChI=1S/C19H19Cl2N5O2/c1-19(2,28)6-7-26-15-9-12(4-5-14(15)25(3)18(26)27)23-17-13(20)8-11(10-22)16(21)24-17/h4-5,8-9,28H,6-7H2,1-3H3,(H,23,24). The number of halogens is 2. The van der Waals surface area contributed by atoms with Gasteiger partial charge < -0.3 is 10.4 Å². The third kappa shape index (κ3) is 3.99. The zero-order valence-corrected chi connectivity index (χ0v) is 17.1. The van der Waals surface area contributed by atoms with Gasteiger partial charge in [-0.05, 0) is 44.5 Å². The highest BCUT2D eigenvalue weighted by molar-refractivity contribution is 6.35. The molecule has 0 unspecified atom stereocenters. The molecule has 0 aliphatic carbocycles. The predicted molar refractivity (Wildman–Crippen MR) is 110 cm³/mol. The number of pyridine rings is 1. The number of aromatic nitrogens is 3. The van der Waals surface area contributed by atoms with Crippen LogP contribution in [0.15, 0.2) is 29.1 Å². The zero-order valence-electron chi connectivity index (χ0n) is 15.6. The van der Waals surface area contributed by atoms with Crippen LogP contribution in [0.5, 0.6) is 0 Å². The van der Waals surface area contributed by atoms with Crippen LogP contribution < -0.4 is 11.0 Å². The van der Waals surface area contributed by atoms with E-state index in [2.05, 4.69) is 10.3 Å². The molecule has 3 aromatic rings. The van der Waals surface area contributed by atoms with Crippen molar-refractivity contribution < 1.29 is 5.11 Å². The second-order valence-electron chi connectivity index (χ2n) is 7.15. The molecule has 1 aromatic carbocycles. The summed E-state index contributed by atoms with van der Waals surface area (Å²) in [5, 5.41) is 22.4. The fraction of sp³-hybridized carbons (Fsp3) is 0.316. The molecule has 2 N–H and O–H groups in total. The Morgan fingerprint density at radius 3 is 2.64 bits per heavy atom. The van der Waals surface area contributed by atoms with Gasteiger partial charge in [0.1, 0.15) is 11.2 Å². The van der Waals surface area contributed by atoms with Gasteiger partial charge in [-0.2, -0.15) is 5.26 Å². The van der Waals surface area contributed by atoms with E-state index in [-0.39, 0.29) is 21.4 Å². The second kappa shape index (κ2) is 7.47. The number of aryl methyl sites for hydroxylation is 2. The second-order valence-corrected chi connectivity index (χ2v) is 7.92. The van der Waals surface area contributed by atoms with Crippen molar-refractivity contribution in [2.45, 2.75) is 32.4 Å². The number of hydrogen-bond acceptors (Lipinski definition) is 5. The van der Waals surface area contributed by atoms with E-state index in [0.717, 1.165) is 11.0 Å². The summed E-state index contributed by atoms with van der Waals surface area (Å²) in [6.45, 7) is 3.79. The van der Waals surface area contributed by atoms with E-state index in [4.69, 9.17) is 28.5 Å². The van der Waals surface area contributed by atoms with Gasteiger partial charge in [0.05, 0.1) is 27.2 Å². The lowest BCUT2D eigenvalue weighted by Crippen LogP contribution is -2.27. The summed E-state index contributed by atoms with van der Waals surface area (Å²) in [6.07, 6.45) is 0.433. The molecule has 0 saturated carbocycles. The van der Waals surface area contributed by atoms with Crippen molar-refractivity contribution in [3.8, 4) is 6.07 Å². The third-order valence-corrected chi connectivity index (χ3v) is 4.98.